The Morgan fingerprint density at radius 2 is 1.90 bits per heavy atom. The predicted molar refractivity (Wildman–Crippen MR) is 79.7 cm³/mol. The van der Waals surface area contributed by atoms with Crippen molar-refractivity contribution in [3.05, 3.63) is 59.3 Å². The minimum Gasteiger partial charge on any atom is -0.384 e. The van der Waals surface area contributed by atoms with Crippen LogP contribution in [0.2, 0.25) is 0 Å². The summed E-state index contributed by atoms with van der Waals surface area (Å²) in [5.74, 6) is -0.697. The molecule has 0 saturated heterocycles. The molecule has 0 bridgehead atoms. The van der Waals surface area contributed by atoms with Gasteiger partial charge in [0.2, 0.25) is 0 Å². The van der Waals surface area contributed by atoms with Crippen LogP contribution in [0.15, 0.2) is 36.5 Å². The lowest BCUT2D eigenvalue weighted by atomic mass is 9.99. The Morgan fingerprint density at radius 3 is 2.52 bits per heavy atom. The molecule has 1 atom stereocenters. The standard InChI is InChI=1S/C16H19F2N3/c1-2-4-20-15(6-11-3-5-21-16(19)7-11)12-8-13(17)10-14(18)9-12/h3,5,7-10,15,20H,2,4,6H2,1H3,(H2,19,21). The summed E-state index contributed by atoms with van der Waals surface area (Å²) in [4.78, 5) is 3.95. The maximum Gasteiger partial charge on any atom is 0.126 e. The second-order valence-corrected chi connectivity index (χ2v) is 5.00. The van der Waals surface area contributed by atoms with Gasteiger partial charge < -0.3 is 11.1 Å². The first-order chi connectivity index (χ1) is 10.1. The molecular weight excluding hydrogens is 272 g/mol. The molecule has 1 aromatic heterocycles. The van der Waals surface area contributed by atoms with E-state index in [-0.39, 0.29) is 6.04 Å². The van der Waals surface area contributed by atoms with Crippen LogP contribution in [0.1, 0.15) is 30.5 Å². The fourth-order valence-corrected chi connectivity index (χ4v) is 2.26. The smallest absolute Gasteiger partial charge is 0.126 e. The molecule has 1 heterocycles. The monoisotopic (exact) mass is 291 g/mol. The van der Waals surface area contributed by atoms with E-state index in [0.29, 0.717) is 17.8 Å². The highest BCUT2D eigenvalue weighted by atomic mass is 19.1. The average Bonchev–Trinajstić information content (AvgIpc) is 2.42. The van der Waals surface area contributed by atoms with Gasteiger partial charge in [0, 0.05) is 18.3 Å². The van der Waals surface area contributed by atoms with Gasteiger partial charge in [-0.3, -0.25) is 0 Å². The summed E-state index contributed by atoms with van der Waals surface area (Å²) in [5.41, 5.74) is 7.24. The normalized spacial score (nSPS) is 12.3. The number of hydrogen-bond donors (Lipinski definition) is 2. The maximum atomic E-state index is 13.4. The van der Waals surface area contributed by atoms with Gasteiger partial charge in [0.05, 0.1) is 0 Å². The van der Waals surface area contributed by atoms with Crippen LogP contribution in [0, 0.1) is 11.6 Å². The van der Waals surface area contributed by atoms with E-state index in [0.717, 1.165) is 24.6 Å². The number of nitrogens with zero attached hydrogens (tertiary/aromatic N) is 1. The number of rotatable bonds is 6. The number of anilines is 1. The zero-order valence-electron chi connectivity index (χ0n) is 11.9. The van der Waals surface area contributed by atoms with E-state index in [1.807, 2.05) is 13.0 Å². The molecule has 0 fully saturated rings. The molecule has 0 aliphatic carbocycles. The molecule has 0 amide bonds. The number of halogens is 2. The number of aromatic nitrogens is 1. The van der Waals surface area contributed by atoms with E-state index in [2.05, 4.69) is 10.3 Å². The lowest BCUT2D eigenvalue weighted by molar-refractivity contribution is 0.515. The molecule has 2 aromatic rings. The molecule has 2 rings (SSSR count). The third-order valence-corrected chi connectivity index (χ3v) is 3.21. The number of pyridine rings is 1. The van der Waals surface area contributed by atoms with Crippen molar-refractivity contribution < 1.29 is 8.78 Å². The van der Waals surface area contributed by atoms with Crippen molar-refractivity contribution in [2.45, 2.75) is 25.8 Å². The van der Waals surface area contributed by atoms with Crippen LogP contribution in [0.4, 0.5) is 14.6 Å². The van der Waals surface area contributed by atoms with Crippen LogP contribution < -0.4 is 11.1 Å². The number of nitrogens with two attached hydrogens (primary N) is 1. The molecule has 3 N–H and O–H groups in total. The Bertz CT molecular complexity index is 582. The lowest BCUT2D eigenvalue weighted by Gasteiger charge is -2.19. The quantitative estimate of drug-likeness (QED) is 0.859. The summed E-state index contributed by atoms with van der Waals surface area (Å²) in [5, 5.41) is 3.31. The predicted octanol–water partition coefficient (Wildman–Crippen LogP) is 3.23. The topological polar surface area (TPSA) is 50.9 Å². The molecule has 0 saturated carbocycles. The molecule has 0 aliphatic rings. The van der Waals surface area contributed by atoms with Gasteiger partial charge in [-0.1, -0.05) is 6.92 Å². The zero-order valence-corrected chi connectivity index (χ0v) is 11.9. The Kier molecular flexibility index (Phi) is 5.22. The van der Waals surface area contributed by atoms with E-state index in [9.17, 15) is 8.78 Å². The highest BCUT2D eigenvalue weighted by Gasteiger charge is 2.14. The van der Waals surface area contributed by atoms with E-state index < -0.39 is 11.6 Å². The van der Waals surface area contributed by atoms with Crippen LogP contribution >= 0.6 is 0 Å². The number of nitrogens with one attached hydrogen (secondary N) is 1. The van der Waals surface area contributed by atoms with Crippen LogP contribution in [0.25, 0.3) is 0 Å². The van der Waals surface area contributed by atoms with Gasteiger partial charge in [0.1, 0.15) is 17.5 Å². The Morgan fingerprint density at radius 1 is 1.19 bits per heavy atom. The van der Waals surface area contributed by atoms with Gasteiger partial charge in [0.15, 0.2) is 0 Å². The molecule has 0 spiro atoms. The van der Waals surface area contributed by atoms with Gasteiger partial charge in [-0.25, -0.2) is 13.8 Å². The number of nitrogen functional groups attached to an aromatic ring is 1. The zero-order chi connectivity index (χ0) is 15.2. The van der Waals surface area contributed by atoms with E-state index >= 15 is 0 Å². The van der Waals surface area contributed by atoms with E-state index in [1.165, 1.54) is 12.1 Å². The second kappa shape index (κ2) is 7.13. The maximum absolute atomic E-state index is 13.4. The summed E-state index contributed by atoms with van der Waals surface area (Å²) in [6.45, 7) is 2.81. The first-order valence-electron chi connectivity index (χ1n) is 6.98. The highest BCUT2D eigenvalue weighted by Crippen LogP contribution is 2.21. The van der Waals surface area contributed by atoms with Gasteiger partial charge in [-0.2, -0.15) is 0 Å². The van der Waals surface area contributed by atoms with Crippen molar-refractivity contribution in [3.63, 3.8) is 0 Å². The summed E-state index contributed by atoms with van der Waals surface area (Å²) in [6.07, 6.45) is 3.16. The van der Waals surface area contributed by atoms with Crippen LogP contribution in [0.5, 0.6) is 0 Å². The van der Waals surface area contributed by atoms with Gasteiger partial charge in [0.25, 0.3) is 0 Å². The third kappa shape index (κ3) is 4.49. The van der Waals surface area contributed by atoms with Crippen LogP contribution in [-0.2, 0) is 6.42 Å². The molecule has 5 heteroatoms. The van der Waals surface area contributed by atoms with Crippen molar-refractivity contribution in [1.82, 2.24) is 10.3 Å². The summed E-state index contributed by atoms with van der Waals surface area (Å²) in [7, 11) is 0. The summed E-state index contributed by atoms with van der Waals surface area (Å²) < 4.78 is 26.8. The fraction of sp³-hybridized carbons (Fsp3) is 0.312. The molecular formula is C16H19F2N3. The molecule has 21 heavy (non-hydrogen) atoms. The van der Waals surface area contributed by atoms with Crippen molar-refractivity contribution in [2.24, 2.45) is 0 Å². The molecule has 3 nitrogen and oxygen atoms in total. The first-order valence-corrected chi connectivity index (χ1v) is 6.98. The molecule has 1 aromatic carbocycles. The van der Waals surface area contributed by atoms with Gasteiger partial charge in [-0.05, 0) is 54.8 Å². The molecule has 0 radical (unpaired) electrons. The van der Waals surface area contributed by atoms with Crippen molar-refractivity contribution >= 4 is 5.82 Å². The molecule has 0 aliphatic heterocycles. The van der Waals surface area contributed by atoms with E-state index in [4.69, 9.17) is 5.73 Å². The number of hydrogen-bond acceptors (Lipinski definition) is 3. The second-order valence-electron chi connectivity index (χ2n) is 5.00. The Labute approximate surface area is 123 Å². The van der Waals surface area contributed by atoms with E-state index in [1.54, 1.807) is 12.3 Å². The average molecular weight is 291 g/mol. The number of benzene rings is 1. The van der Waals surface area contributed by atoms with Crippen molar-refractivity contribution in [2.75, 3.05) is 12.3 Å². The SMILES string of the molecule is CCCNC(Cc1ccnc(N)c1)c1cc(F)cc(F)c1. The lowest BCUT2D eigenvalue weighted by Crippen LogP contribution is -2.24. The van der Waals surface area contributed by atoms with Gasteiger partial charge in [-0.15, -0.1) is 0 Å². The minimum atomic E-state index is -0.567. The largest absolute Gasteiger partial charge is 0.384 e. The van der Waals surface area contributed by atoms with Crippen LogP contribution in [-0.4, -0.2) is 11.5 Å². The third-order valence-electron chi connectivity index (χ3n) is 3.21. The first kappa shape index (κ1) is 15.4. The minimum absolute atomic E-state index is 0.169. The Balaban J connectivity index is 2.25. The van der Waals surface area contributed by atoms with Crippen molar-refractivity contribution in [3.8, 4) is 0 Å². The summed E-state index contributed by atoms with van der Waals surface area (Å²) in [6, 6.07) is 7.06. The summed E-state index contributed by atoms with van der Waals surface area (Å²) >= 11 is 0. The molecule has 112 valence electrons. The highest BCUT2D eigenvalue weighted by molar-refractivity contribution is 5.33. The van der Waals surface area contributed by atoms with Crippen molar-refractivity contribution in [1.29, 1.82) is 0 Å². The fourth-order valence-electron chi connectivity index (χ4n) is 2.26. The van der Waals surface area contributed by atoms with Gasteiger partial charge >= 0.3 is 0 Å². The van der Waals surface area contributed by atoms with Crippen LogP contribution in [0.3, 0.4) is 0 Å². The molecule has 1 unspecified atom stereocenters. The Hall–Kier alpha value is -2.01.